The van der Waals surface area contributed by atoms with E-state index in [0.717, 1.165) is 0 Å². The Balaban J connectivity index is 2.27. The molecule has 0 fully saturated rings. The highest BCUT2D eigenvalue weighted by Crippen LogP contribution is 2.24. The normalized spacial score (nSPS) is 11.4. The summed E-state index contributed by atoms with van der Waals surface area (Å²) in [6.45, 7) is 3.16. The summed E-state index contributed by atoms with van der Waals surface area (Å²) < 4.78 is 38.5. The van der Waals surface area contributed by atoms with Gasteiger partial charge in [-0.3, -0.25) is 9.48 Å². The Morgan fingerprint density at radius 3 is 2.54 bits per heavy atom. The van der Waals surface area contributed by atoms with Gasteiger partial charge in [-0.25, -0.2) is 4.79 Å². The van der Waals surface area contributed by atoms with E-state index in [0.29, 0.717) is 11.3 Å². The molecule has 2 aromatic rings. The molecule has 0 aliphatic rings. The number of alkyl halides is 3. The fourth-order valence-corrected chi connectivity index (χ4v) is 2.19. The number of nitrogens with one attached hydrogen (secondary N) is 1. The molecule has 6 nitrogen and oxygen atoms in total. The second kappa shape index (κ2) is 6.34. The van der Waals surface area contributed by atoms with Gasteiger partial charge in [0.2, 0.25) is 0 Å². The third-order valence-corrected chi connectivity index (χ3v) is 3.38. The molecule has 0 spiro atoms. The van der Waals surface area contributed by atoms with E-state index in [2.05, 4.69) is 5.10 Å². The third-order valence-electron chi connectivity index (χ3n) is 3.38. The maximum Gasteiger partial charge on any atom is 0.471 e. The first kappa shape index (κ1) is 17.5. The Morgan fingerprint density at radius 2 is 1.96 bits per heavy atom. The largest absolute Gasteiger partial charge is 0.478 e. The number of anilines is 1. The van der Waals surface area contributed by atoms with E-state index in [1.165, 1.54) is 30.7 Å². The number of hydrogen-bond donors (Lipinski definition) is 2. The van der Waals surface area contributed by atoms with Crippen LogP contribution in [0.15, 0.2) is 24.3 Å². The Labute approximate surface area is 134 Å². The minimum absolute atomic E-state index is 0.00767. The smallest absolute Gasteiger partial charge is 0.471 e. The number of amides is 1. The summed E-state index contributed by atoms with van der Waals surface area (Å²) in [6.07, 6.45) is -4.99. The number of carboxylic acid groups (broad SMARTS) is 1. The molecule has 0 radical (unpaired) electrons. The number of carboxylic acids is 1. The summed E-state index contributed by atoms with van der Waals surface area (Å²) >= 11 is 0. The van der Waals surface area contributed by atoms with Crippen LogP contribution in [-0.2, 0) is 11.3 Å². The minimum Gasteiger partial charge on any atom is -0.478 e. The van der Waals surface area contributed by atoms with E-state index in [1.807, 2.05) is 5.32 Å². The maximum atomic E-state index is 12.4. The van der Waals surface area contributed by atoms with E-state index in [-0.39, 0.29) is 23.5 Å². The molecule has 0 unspecified atom stereocenters. The number of carbonyl (C=O) groups excluding carboxylic acids is 1. The fourth-order valence-electron chi connectivity index (χ4n) is 2.19. The molecule has 24 heavy (non-hydrogen) atoms. The highest BCUT2D eigenvalue weighted by molar-refractivity contribution is 5.95. The number of aryl methyl sites for hydroxylation is 1. The van der Waals surface area contributed by atoms with E-state index in [1.54, 1.807) is 12.1 Å². The lowest BCUT2D eigenvalue weighted by Crippen LogP contribution is -2.30. The number of hydrogen-bond acceptors (Lipinski definition) is 3. The predicted molar refractivity (Wildman–Crippen MR) is 78.9 cm³/mol. The lowest BCUT2D eigenvalue weighted by atomic mass is 10.1. The van der Waals surface area contributed by atoms with Crippen molar-refractivity contribution in [1.82, 2.24) is 9.78 Å². The summed E-state index contributed by atoms with van der Waals surface area (Å²) in [5.74, 6) is -3.15. The van der Waals surface area contributed by atoms with Crippen molar-refractivity contribution in [1.29, 1.82) is 0 Å². The number of nitrogens with zero attached hydrogens (tertiary/aromatic N) is 2. The minimum atomic E-state index is -4.99. The average molecular weight is 341 g/mol. The van der Waals surface area contributed by atoms with Crippen molar-refractivity contribution >= 4 is 17.6 Å². The van der Waals surface area contributed by atoms with Crippen LogP contribution in [0.3, 0.4) is 0 Å². The van der Waals surface area contributed by atoms with E-state index < -0.39 is 18.1 Å². The van der Waals surface area contributed by atoms with Gasteiger partial charge in [0.05, 0.1) is 29.2 Å². The lowest BCUT2D eigenvalue weighted by Gasteiger charge is -2.09. The first-order valence-corrected chi connectivity index (χ1v) is 6.84. The van der Waals surface area contributed by atoms with Crippen molar-refractivity contribution in [2.45, 2.75) is 26.6 Å². The maximum absolute atomic E-state index is 12.4. The Bertz CT molecular complexity index is 797. The SMILES string of the molecule is Cc1nn(Cc2cccc(C(=O)O)c2)c(C)c1NC(=O)C(F)(F)F. The van der Waals surface area contributed by atoms with Crippen molar-refractivity contribution in [3.8, 4) is 0 Å². The molecule has 0 saturated carbocycles. The molecule has 0 aliphatic carbocycles. The van der Waals surface area contributed by atoms with Gasteiger partial charge in [-0.15, -0.1) is 0 Å². The molecule has 1 amide bonds. The molecular weight excluding hydrogens is 327 g/mol. The number of aromatic carboxylic acids is 1. The van der Waals surface area contributed by atoms with Gasteiger partial charge in [-0.05, 0) is 31.5 Å². The molecule has 2 rings (SSSR count). The molecule has 0 bridgehead atoms. The molecule has 1 aromatic carbocycles. The first-order valence-electron chi connectivity index (χ1n) is 6.84. The van der Waals surface area contributed by atoms with Crippen LogP contribution in [0.25, 0.3) is 0 Å². The van der Waals surface area contributed by atoms with Crippen LogP contribution in [0.2, 0.25) is 0 Å². The molecule has 1 heterocycles. The van der Waals surface area contributed by atoms with E-state index >= 15 is 0 Å². The summed E-state index contributed by atoms with van der Waals surface area (Å²) in [5.41, 5.74) is 1.28. The number of carbonyl (C=O) groups is 2. The highest BCUT2D eigenvalue weighted by atomic mass is 19.4. The molecule has 128 valence electrons. The zero-order valence-electron chi connectivity index (χ0n) is 12.8. The topological polar surface area (TPSA) is 84.2 Å². The lowest BCUT2D eigenvalue weighted by molar-refractivity contribution is -0.167. The van der Waals surface area contributed by atoms with E-state index in [9.17, 15) is 22.8 Å². The fraction of sp³-hybridized carbons (Fsp3) is 0.267. The first-order chi connectivity index (χ1) is 11.1. The third kappa shape index (κ3) is 3.73. The van der Waals surface area contributed by atoms with Crippen molar-refractivity contribution in [3.63, 3.8) is 0 Å². The zero-order valence-corrected chi connectivity index (χ0v) is 12.8. The Morgan fingerprint density at radius 1 is 1.29 bits per heavy atom. The van der Waals surface area contributed by atoms with Gasteiger partial charge in [-0.2, -0.15) is 18.3 Å². The number of benzene rings is 1. The van der Waals surface area contributed by atoms with Crippen molar-refractivity contribution in [2.24, 2.45) is 0 Å². The quantitative estimate of drug-likeness (QED) is 0.896. The molecule has 0 aliphatic heterocycles. The van der Waals surface area contributed by atoms with Gasteiger partial charge >= 0.3 is 18.1 Å². The molecule has 0 atom stereocenters. The van der Waals surface area contributed by atoms with Crippen LogP contribution in [0, 0.1) is 13.8 Å². The second-order valence-electron chi connectivity index (χ2n) is 5.16. The van der Waals surface area contributed by atoms with Crippen molar-refractivity contribution in [3.05, 3.63) is 46.8 Å². The second-order valence-corrected chi connectivity index (χ2v) is 5.16. The average Bonchev–Trinajstić information content (AvgIpc) is 2.74. The predicted octanol–water partition coefficient (Wildman–Crippen LogP) is 2.75. The molecule has 0 saturated heterocycles. The Hall–Kier alpha value is -2.84. The van der Waals surface area contributed by atoms with Gasteiger partial charge in [-0.1, -0.05) is 12.1 Å². The highest BCUT2D eigenvalue weighted by Gasteiger charge is 2.39. The molecule has 9 heteroatoms. The van der Waals surface area contributed by atoms with Crippen LogP contribution >= 0.6 is 0 Å². The Kier molecular flexibility index (Phi) is 4.63. The molecular formula is C15H14F3N3O3. The number of halogens is 3. The molecule has 2 N–H and O–H groups in total. The standard InChI is InChI=1S/C15H14F3N3O3/c1-8-12(19-14(24)15(16,17)18)9(2)21(20-8)7-10-4-3-5-11(6-10)13(22)23/h3-6H,7H2,1-2H3,(H,19,24)(H,22,23). The number of aromatic nitrogens is 2. The zero-order chi connectivity index (χ0) is 18.1. The molecule has 1 aromatic heterocycles. The van der Waals surface area contributed by atoms with Crippen LogP contribution < -0.4 is 5.32 Å². The van der Waals surface area contributed by atoms with Crippen LogP contribution in [0.4, 0.5) is 18.9 Å². The van der Waals surface area contributed by atoms with E-state index in [4.69, 9.17) is 5.11 Å². The van der Waals surface area contributed by atoms with Crippen LogP contribution in [-0.4, -0.2) is 32.9 Å². The monoisotopic (exact) mass is 341 g/mol. The van der Waals surface area contributed by atoms with Gasteiger partial charge in [0.25, 0.3) is 0 Å². The number of rotatable bonds is 4. The van der Waals surface area contributed by atoms with Gasteiger partial charge < -0.3 is 10.4 Å². The summed E-state index contributed by atoms with van der Waals surface area (Å²) in [6, 6.07) is 6.13. The summed E-state index contributed by atoms with van der Waals surface area (Å²) in [7, 11) is 0. The summed E-state index contributed by atoms with van der Waals surface area (Å²) in [5, 5.41) is 14.9. The van der Waals surface area contributed by atoms with Crippen LogP contribution in [0.1, 0.15) is 27.3 Å². The van der Waals surface area contributed by atoms with Crippen molar-refractivity contribution < 1.29 is 27.9 Å². The van der Waals surface area contributed by atoms with Crippen molar-refractivity contribution in [2.75, 3.05) is 5.32 Å². The van der Waals surface area contributed by atoms with Gasteiger partial charge in [0, 0.05) is 0 Å². The summed E-state index contributed by atoms with van der Waals surface area (Å²) in [4.78, 5) is 22.1. The van der Waals surface area contributed by atoms with Gasteiger partial charge in [0.1, 0.15) is 0 Å². The van der Waals surface area contributed by atoms with Crippen LogP contribution in [0.5, 0.6) is 0 Å². The van der Waals surface area contributed by atoms with Gasteiger partial charge in [0.15, 0.2) is 0 Å².